The molecule has 10 rings (SSSR count). The second-order valence-electron chi connectivity index (χ2n) is 17.8. The Bertz CT molecular complexity index is 2730. The SMILES string of the molecule is Cn1nc(C2CCC(=O)NC2=O)c2ccc(C3CCN(CC4CCN(c5ncc(Cl)c(Nc6cc7c8c(c(=O)n(C)c7cc6F)OCC(F)(F)C(C6CC6)N8)n5)CC4)CC3)c(F)c21. The number of likely N-dealkylation sites (tertiary alicyclic amines) is 1. The largest absolute Gasteiger partial charge is 0.480 e. The monoisotopic (exact) mass is 890 g/mol. The number of pyridine rings is 1. The summed E-state index contributed by atoms with van der Waals surface area (Å²) in [6.45, 7) is 3.05. The van der Waals surface area contributed by atoms with Gasteiger partial charge in [0.25, 0.3) is 5.56 Å². The molecule has 0 bridgehead atoms. The number of carbonyl (C=O) groups is 2. The van der Waals surface area contributed by atoms with E-state index in [9.17, 15) is 14.4 Å². The fourth-order valence-corrected chi connectivity index (χ4v) is 10.2. The lowest BCUT2D eigenvalue weighted by Crippen LogP contribution is -2.44. The maximum absolute atomic E-state index is 16.2. The number of hydrogen-bond acceptors (Lipinski definition) is 11. The molecule has 4 aliphatic heterocycles. The summed E-state index contributed by atoms with van der Waals surface area (Å²) in [5, 5.41) is 13.9. The minimum absolute atomic E-state index is 0.0164. The smallest absolute Gasteiger partial charge is 0.301 e. The first-order chi connectivity index (χ1) is 30.2. The highest BCUT2D eigenvalue weighted by molar-refractivity contribution is 6.33. The molecular weight excluding hydrogens is 844 g/mol. The number of anilines is 4. The number of carbonyl (C=O) groups excluding carboxylic acids is 2. The molecule has 3 aromatic heterocycles. The van der Waals surface area contributed by atoms with Crippen molar-refractivity contribution in [3.05, 3.63) is 68.7 Å². The number of aromatic nitrogens is 5. The number of rotatable bonds is 8. The molecule has 3 N–H and O–H groups in total. The van der Waals surface area contributed by atoms with Gasteiger partial charge in [0.05, 0.1) is 40.7 Å². The quantitative estimate of drug-likeness (QED) is 0.113. The van der Waals surface area contributed by atoms with Gasteiger partial charge in [-0.05, 0) is 87.4 Å². The predicted molar refractivity (Wildman–Crippen MR) is 229 cm³/mol. The Morgan fingerprint density at radius 3 is 2.46 bits per heavy atom. The van der Waals surface area contributed by atoms with Crippen LogP contribution in [0.3, 0.4) is 0 Å². The highest BCUT2D eigenvalue weighted by Gasteiger charge is 2.51. The third-order valence-electron chi connectivity index (χ3n) is 13.7. The summed E-state index contributed by atoms with van der Waals surface area (Å²) >= 11 is 6.55. The zero-order valence-electron chi connectivity index (χ0n) is 34.8. The molecule has 63 heavy (non-hydrogen) atoms. The fourth-order valence-electron chi connectivity index (χ4n) is 10.0. The number of imide groups is 1. The summed E-state index contributed by atoms with van der Waals surface area (Å²) in [5.74, 6) is -4.93. The van der Waals surface area contributed by atoms with Crippen molar-refractivity contribution in [2.24, 2.45) is 25.9 Å². The van der Waals surface area contributed by atoms with Gasteiger partial charge in [0.15, 0.2) is 18.2 Å². The molecule has 1 saturated carbocycles. The van der Waals surface area contributed by atoms with Crippen molar-refractivity contribution < 1.29 is 31.9 Å². The summed E-state index contributed by atoms with van der Waals surface area (Å²) < 4.78 is 70.4. The van der Waals surface area contributed by atoms with Crippen LogP contribution >= 0.6 is 11.6 Å². The van der Waals surface area contributed by atoms with Crippen molar-refractivity contribution in [1.29, 1.82) is 0 Å². The number of ether oxygens (including phenoxy) is 1. The van der Waals surface area contributed by atoms with Gasteiger partial charge in [-0.25, -0.2) is 22.5 Å². The van der Waals surface area contributed by atoms with E-state index in [1.165, 1.54) is 34.6 Å². The third kappa shape index (κ3) is 7.61. The Balaban J connectivity index is 0.781. The molecule has 332 valence electrons. The number of nitrogens with zero attached hydrogens (tertiary/aromatic N) is 7. The lowest BCUT2D eigenvalue weighted by atomic mass is 9.86. The lowest BCUT2D eigenvalue weighted by Gasteiger charge is -2.38. The van der Waals surface area contributed by atoms with Crippen molar-refractivity contribution in [1.82, 2.24) is 34.5 Å². The zero-order valence-corrected chi connectivity index (χ0v) is 35.6. The van der Waals surface area contributed by atoms with Crippen LogP contribution in [0.15, 0.2) is 35.3 Å². The van der Waals surface area contributed by atoms with E-state index in [0.717, 1.165) is 45.3 Å². The number of hydrogen-bond donors (Lipinski definition) is 3. The van der Waals surface area contributed by atoms with Crippen LogP contribution < -0.4 is 31.1 Å². The summed E-state index contributed by atoms with van der Waals surface area (Å²) in [5.41, 5.74) is 1.19. The predicted octanol–water partition coefficient (Wildman–Crippen LogP) is 6.72. The van der Waals surface area contributed by atoms with Crippen LogP contribution in [0.25, 0.3) is 21.8 Å². The lowest BCUT2D eigenvalue weighted by molar-refractivity contribution is -0.134. The molecule has 19 heteroatoms. The second kappa shape index (κ2) is 15.9. The molecule has 2 atom stereocenters. The molecule has 0 spiro atoms. The van der Waals surface area contributed by atoms with Crippen molar-refractivity contribution in [3.8, 4) is 5.75 Å². The molecule has 5 aromatic rings. The number of fused-ring (bicyclic) bond motifs is 4. The van der Waals surface area contributed by atoms with Gasteiger partial charge in [0.2, 0.25) is 23.5 Å². The van der Waals surface area contributed by atoms with E-state index in [-0.39, 0.29) is 63.5 Å². The number of amides is 2. The van der Waals surface area contributed by atoms with Gasteiger partial charge in [0.1, 0.15) is 16.4 Å². The maximum atomic E-state index is 16.2. The van der Waals surface area contributed by atoms with Crippen LogP contribution in [0.4, 0.5) is 40.7 Å². The van der Waals surface area contributed by atoms with Gasteiger partial charge in [-0.3, -0.25) is 24.4 Å². The molecule has 7 heterocycles. The Labute approximate surface area is 364 Å². The van der Waals surface area contributed by atoms with Crippen molar-refractivity contribution in [2.45, 2.75) is 75.2 Å². The molecule has 3 saturated heterocycles. The molecule has 14 nitrogen and oxygen atoms in total. The van der Waals surface area contributed by atoms with Crippen LogP contribution in [0.5, 0.6) is 5.75 Å². The van der Waals surface area contributed by atoms with Crippen molar-refractivity contribution >= 4 is 68.4 Å². The maximum Gasteiger partial charge on any atom is 0.301 e. The molecule has 2 aromatic carbocycles. The van der Waals surface area contributed by atoms with E-state index in [0.29, 0.717) is 71.8 Å². The fraction of sp³-hybridized carbons (Fsp3) is 0.500. The van der Waals surface area contributed by atoms with Gasteiger partial charge in [-0.2, -0.15) is 10.1 Å². The van der Waals surface area contributed by atoms with Crippen LogP contribution in [-0.2, 0) is 23.7 Å². The average molecular weight is 891 g/mol. The normalized spacial score (nSPS) is 22.4. The topological polar surface area (TPSA) is 152 Å². The van der Waals surface area contributed by atoms with E-state index >= 15 is 17.6 Å². The van der Waals surface area contributed by atoms with Crippen molar-refractivity contribution in [2.75, 3.05) is 54.9 Å². The Hall–Kier alpha value is -5.49. The van der Waals surface area contributed by atoms with Crippen LogP contribution in [0, 0.1) is 23.5 Å². The Morgan fingerprint density at radius 1 is 0.968 bits per heavy atom. The van der Waals surface area contributed by atoms with Gasteiger partial charge in [-0.15, -0.1) is 0 Å². The van der Waals surface area contributed by atoms with E-state index in [1.807, 2.05) is 12.1 Å². The zero-order chi connectivity index (χ0) is 43.9. The van der Waals surface area contributed by atoms with Gasteiger partial charge in [0, 0.05) is 57.0 Å². The second-order valence-corrected chi connectivity index (χ2v) is 18.2. The first-order valence-corrected chi connectivity index (χ1v) is 22.0. The number of nitrogens with one attached hydrogen (secondary N) is 3. The minimum Gasteiger partial charge on any atom is -0.480 e. The number of halogens is 5. The Morgan fingerprint density at radius 2 is 1.73 bits per heavy atom. The molecular formula is C44H47ClF4N10O4. The highest BCUT2D eigenvalue weighted by atomic mass is 35.5. The van der Waals surface area contributed by atoms with Gasteiger partial charge < -0.3 is 29.7 Å². The summed E-state index contributed by atoms with van der Waals surface area (Å²) in [4.78, 5) is 51.2. The standard InChI is InChI=1S/C44H47ClF4N10O4/c1-56-32-18-30(46)31(17-28(32)36-38(42(56)62)63-21-44(48,49)39(53-36)24-3-4-24)51-40-29(45)19-50-43(54-40)59-15-9-22(10-16-59)20-58-13-11-23(12-14-58)25-5-6-26-35(55-57(2)37(26)34(25)47)27-7-8-33(60)52-41(27)61/h5-6,17-19,22-24,27,39,53H,3-4,7-16,20-21H2,1-2H3,(H,50,51,54)(H,52,60,61). The van der Waals surface area contributed by atoms with E-state index in [4.69, 9.17) is 16.3 Å². The third-order valence-corrected chi connectivity index (χ3v) is 14.0. The van der Waals surface area contributed by atoms with Crippen LogP contribution in [0.1, 0.15) is 74.5 Å². The average Bonchev–Trinajstić information content (AvgIpc) is 4.06. The molecule has 5 aliphatic rings. The molecule has 2 amide bonds. The highest BCUT2D eigenvalue weighted by Crippen LogP contribution is 2.46. The number of alkyl halides is 2. The molecule has 4 fully saturated rings. The number of benzene rings is 2. The molecule has 1 aliphatic carbocycles. The van der Waals surface area contributed by atoms with E-state index in [2.05, 4.69) is 40.8 Å². The first-order valence-electron chi connectivity index (χ1n) is 21.6. The Kier molecular flexibility index (Phi) is 10.5. The first kappa shape index (κ1) is 41.5. The summed E-state index contributed by atoms with van der Waals surface area (Å²) in [6.07, 6.45) is 6.72. The van der Waals surface area contributed by atoms with Gasteiger partial charge in [-0.1, -0.05) is 23.7 Å². The van der Waals surface area contributed by atoms with Crippen LogP contribution in [0.2, 0.25) is 5.02 Å². The molecule has 2 unspecified atom stereocenters. The number of aryl methyl sites for hydroxylation is 2. The van der Waals surface area contributed by atoms with Gasteiger partial charge >= 0.3 is 5.92 Å². The minimum atomic E-state index is -3.22. The summed E-state index contributed by atoms with van der Waals surface area (Å²) in [6, 6.07) is 5.11. The summed E-state index contributed by atoms with van der Waals surface area (Å²) in [7, 11) is 3.13. The van der Waals surface area contributed by atoms with E-state index < -0.39 is 41.8 Å². The van der Waals surface area contributed by atoms with Crippen molar-refractivity contribution in [3.63, 3.8) is 0 Å². The number of piperidine rings is 3. The van der Waals surface area contributed by atoms with E-state index in [1.54, 1.807) is 7.05 Å². The molecule has 0 radical (unpaired) electrons. The van der Waals surface area contributed by atoms with Crippen LogP contribution in [-0.4, -0.2) is 92.3 Å².